The van der Waals surface area contributed by atoms with E-state index in [1.165, 1.54) is 23.9 Å². The molecule has 2 N–H and O–H groups in total. The summed E-state index contributed by atoms with van der Waals surface area (Å²) in [6.45, 7) is 2.45. The first-order valence-electron chi connectivity index (χ1n) is 10.7. The van der Waals surface area contributed by atoms with Crippen LogP contribution in [-0.2, 0) is 25.8 Å². The first kappa shape index (κ1) is 25.2. The molecule has 1 unspecified atom stereocenters. The molecule has 9 heteroatoms. The average molecular weight is 485 g/mol. The lowest BCUT2D eigenvalue weighted by Gasteiger charge is -2.42. The van der Waals surface area contributed by atoms with Crippen molar-refractivity contribution in [2.45, 2.75) is 42.5 Å². The molecule has 174 valence electrons. The number of hydrogen-bond donors (Lipinski definition) is 2. The molecule has 0 bridgehead atoms. The molecule has 2 aromatic rings. The molecule has 0 radical (unpaired) electrons. The Labute approximate surface area is 192 Å². The number of halogens is 2. The maximum absolute atomic E-state index is 14.4. The van der Waals surface area contributed by atoms with Crippen LogP contribution in [0.15, 0.2) is 47.4 Å². The number of thioether (sulfide) groups is 1. The lowest BCUT2D eigenvalue weighted by atomic mass is 9.74. The molecule has 0 spiro atoms. The fourth-order valence-corrected chi connectivity index (χ4v) is 4.98. The third-order valence-corrected chi connectivity index (χ3v) is 7.07. The highest BCUT2D eigenvalue weighted by molar-refractivity contribution is 7.99. The minimum atomic E-state index is -2.55. The maximum Gasteiger partial charge on any atom is 0.694 e. The Hall–Kier alpha value is -1.41. The molecule has 0 saturated carbocycles. The van der Waals surface area contributed by atoms with Gasteiger partial charge in [0.25, 0.3) is 0 Å². The van der Waals surface area contributed by atoms with Crippen molar-refractivity contribution in [1.29, 1.82) is 0 Å². The number of ether oxygens (including phenoxy) is 1. The minimum absolute atomic E-state index is 0.169. The quantitative estimate of drug-likeness (QED) is 0.214. The third kappa shape index (κ3) is 7.30. The van der Waals surface area contributed by atoms with Crippen molar-refractivity contribution in [1.82, 2.24) is 5.32 Å². The van der Waals surface area contributed by atoms with E-state index in [1.54, 1.807) is 12.1 Å². The number of unbranched alkanes of at least 4 members (excludes halogenated alkanes) is 1. The third-order valence-electron chi connectivity index (χ3n) is 5.53. The van der Waals surface area contributed by atoms with Gasteiger partial charge in [-0.3, -0.25) is 0 Å². The van der Waals surface area contributed by atoms with E-state index in [-0.39, 0.29) is 23.7 Å². The zero-order chi connectivity index (χ0) is 22.8. The molecule has 0 aromatic heterocycles. The van der Waals surface area contributed by atoms with Crippen LogP contribution in [0.1, 0.15) is 36.8 Å². The van der Waals surface area contributed by atoms with Crippen LogP contribution >= 0.6 is 20.0 Å². The summed E-state index contributed by atoms with van der Waals surface area (Å²) in [6, 6.07) is 12.2. The highest BCUT2D eigenvalue weighted by Crippen LogP contribution is 2.38. The van der Waals surface area contributed by atoms with Crippen LogP contribution in [0.25, 0.3) is 0 Å². The van der Waals surface area contributed by atoms with E-state index in [1.807, 2.05) is 18.2 Å². The summed E-state index contributed by atoms with van der Waals surface area (Å²) in [7, 11) is -2.55. The lowest BCUT2D eigenvalue weighted by Crippen LogP contribution is -2.47. The van der Waals surface area contributed by atoms with Crippen molar-refractivity contribution in [3.05, 3.63) is 65.2 Å². The molecule has 1 fully saturated rings. The normalized spacial score (nSPS) is 15.4. The van der Waals surface area contributed by atoms with Crippen LogP contribution in [0.5, 0.6) is 0 Å². The molecule has 1 atom stereocenters. The maximum atomic E-state index is 14.4. The SMILES string of the molecule is O=[P+](O)OCCCNCc1ccc(SCCCCC2(c3ccccc3F)COC2)c(F)c1. The van der Waals surface area contributed by atoms with Crippen molar-refractivity contribution >= 4 is 20.0 Å². The molecule has 1 aliphatic rings. The van der Waals surface area contributed by atoms with Gasteiger partial charge >= 0.3 is 8.25 Å². The largest absolute Gasteiger partial charge is 0.694 e. The predicted octanol–water partition coefficient (Wildman–Crippen LogP) is 5.34. The molecule has 5 nitrogen and oxygen atoms in total. The molecule has 1 aliphatic heterocycles. The van der Waals surface area contributed by atoms with Gasteiger partial charge in [0.2, 0.25) is 0 Å². The Kier molecular flexibility index (Phi) is 10.0. The molecular weight excluding hydrogens is 455 g/mol. The van der Waals surface area contributed by atoms with Crippen molar-refractivity contribution in [3.63, 3.8) is 0 Å². The van der Waals surface area contributed by atoms with E-state index in [4.69, 9.17) is 9.63 Å². The Bertz CT molecular complexity index is 898. The zero-order valence-corrected chi connectivity index (χ0v) is 19.6. The summed E-state index contributed by atoms with van der Waals surface area (Å²) in [6.07, 6.45) is 3.32. The predicted molar refractivity (Wildman–Crippen MR) is 122 cm³/mol. The second kappa shape index (κ2) is 12.7. The second-order valence-corrected chi connectivity index (χ2v) is 9.80. The summed E-state index contributed by atoms with van der Waals surface area (Å²) in [5.41, 5.74) is 1.36. The summed E-state index contributed by atoms with van der Waals surface area (Å²) in [5, 5.41) is 3.16. The van der Waals surface area contributed by atoms with Crippen LogP contribution in [-0.4, -0.2) is 37.0 Å². The molecule has 1 saturated heterocycles. The fraction of sp³-hybridized carbons (Fsp3) is 0.478. The van der Waals surface area contributed by atoms with Gasteiger partial charge in [0.1, 0.15) is 18.2 Å². The molecule has 32 heavy (non-hydrogen) atoms. The molecule has 1 heterocycles. The van der Waals surface area contributed by atoms with Gasteiger partial charge < -0.3 is 10.1 Å². The van der Waals surface area contributed by atoms with Gasteiger partial charge in [0.15, 0.2) is 0 Å². The highest BCUT2D eigenvalue weighted by atomic mass is 32.2. The molecule has 0 amide bonds. The molecule has 0 aliphatic carbocycles. The van der Waals surface area contributed by atoms with E-state index < -0.39 is 8.25 Å². The van der Waals surface area contributed by atoms with E-state index >= 15 is 0 Å². The number of rotatable bonds is 14. The monoisotopic (exact) mass is 484 g/mol. The molecule has 3 rings (SSSR count). The first-order chi connectivity index (χ1) is 15.5. The van der Waals surface area contributed by atoms with Gasteiger partial charge in [0, 0.05) is 21.4 Å². The topological polar surface area (TPSA) is 67.8 Å². The number of hydrogen-bond acceptors (Lipinski definition) is 5. The van der Waals surface area contributed by atoms with Crippen molar-refractivity contribution in [2.75, 3.05) is 32.1 Å². The van der Waals surface area contributed by atoms with Crippen LogP contribution in [0.4, 0.5) is 8.78 Å². The fourth-order valence-electron chi connectivity index (χ4n) is 3.77. The number of benzene rings is 2. The van der Waals surface area contributed by atoms with Crippen molar-refractivity contribution in [2.24, 2.45) is 0 Å². The Morgan fingerprint density at radius 2 is 1.94 bits per heavy atom. The Morgan fingerprint density at radius 3 is 2.62 bits per heavy atom. The smallest absolute Gasteiger partial charge is 0.379 e. The van der Waals surface area contributed by atoms with E-state index in [0.29, 0.717) is 37.6 Å². The van der Waals surface area contributed by atoms with Crippen molar-refractivity contribution in [3.8, 4) is 0 Å². The minimum Gasteiger partial charge on any atom is -0.379 e. The van der Waals surface area contributed by atoms with Gasteiger partial charge in [-0.05, 0) is 60.9 Å². The van der Waals surface area contributed by atoms with Gasteiger partial charge in [-0.25, -0.2) is 8.78 Å². The van der Waals surface area contributed by atoms with Gasteiger partial charge in [0.05, 0.1) is 13.2 Å². The van der Waals surface area contributed by atoms with E-state index in [0.717, 1.165) is 36.1 Å². The van der Waals surface area contributed by atoms with Crippen LogP contribution in [0.2, 0.25) is 0 Å². The van der Waals surface area contributed by atoms with E-state index in [2.05, 4.69) is 9.84 Å². The summed E-state index contributed by atoms with van der Waals surface area (Å²) in [4.78, 5) is 9.18. The van der Waals surface area contributed by atoms with Crippen LogP contribution < -0.4 is 5.32 Å². The first-order valence-corrected chi connectivity index (χ1v) is 12.9. The zero-order valence-electron chi connectivity index (χ0n) is 17.9. The van der Waals surface area contributed by atoms with Crippen molar-refractivity contribution < 1.29 is 27.5 Å². The van der Waals surface area contributed by atoms with Gasteiger partial charge in [-0.1, -0.05) is 30.7 Å². The summed E-state index contributed by atoms with van der Waals surface area (Å²) in [5.74, 6) is 0.401. The van der Waals surface area contributed by atoms with Crippen LogP contribution in [0, 0.1) is 11.6 Å². The summed E-state index contributed by atoms with van der Waals surface area (Å²) >= 11 is 1.50. The second-order valence-electron chi connectivity index (χ2n) is 7.92. The van der Waals surface area contributed by atoms with Crippen LogP contribution in [0.3, 0.4) is 0 Å². The van der Waals surface area contributed by atoms with Gasteiger partial charge in [-0.15, -0.1) is 21.2 Å². The van der Waals surface area contributed by atoms with E-state index in [9.17, 15) is 13.3 Å². The van der Waals surface area contributed by atoms with Gasteiger partial charge in [-0.2, -0.15) is 0 Å². The Morgan fingerprint density at radius 1 is 1.12 bits per heavy atom. The Balaban J connectivity index is 1.36. The molecular formula is C23H29F2NO4PS+. The standard InChI is InChI=1S/C23H28F2NO4PS/c24-20-7-2-1-6-19(20)23(16-29-17-23)10-3-4-13-32-22-9-8-18(14-21(22)25)15-26-11-5-12-30-31(27)28/h1-2,6-9,14,26H,3-5,10-13,15-17H2/p+1. The highest BCUT2D eigenvalue weighted by Gasteiger charge is 2.41. The average Bonchev–Trinajstić information content (AvgIpc) is 2.74. The number of nitrogens with one attached hydrogen (secondary N) is 1. The lowest BCUT2D eigenvalue weighted by molar-refractivity contribution is -0.0668. The summed E-state index contributed by atoms with van der Waals surface area (Å²) < 4.78 is 49.0. The molecule has 2 aromatic carbocycles.